The van der Waals surface area contributed by atoms with Crippen LogP contribution in [0, 0.1) is 5.92 Å². The molecule has 0 saturated heterocycles. The Kier molecular flexibility index (Phi) is 7.48. The minimum atomic E-state index is -0.837. The van der Waals surface area contributed by atoms with Crippen molar-refractivity contribution >= 4 is 11.8 Å². The largest absolute Gasteiger partial charge is 0.480 e. The van der Waals surface area contributed by atoms with Gasteiger partial charge in [0.2, 0.25) is 0 Å². The van der Waals surface area contributed by atoms with Gasteiger partial charge >= 0.3 is 5.97 Å². The van der Waals surface area contributed by atoms with E-state index in [0.717, 1.165) is 50.0 Å². The topological polar surface area (TPSA) is 96.4 Å². The van der Waals surface area contributed by atoms with Crippen LogP contribution >= 0.6 is 0 Å². The lowest BCUT2D eigenvalue weighted by Crippen LogP contribution is -2.38. The number of aromatic nitrogens is 2. The van der Waals surface area contributed by atoms with Crippen LogP contribution in [-0.2, 0) is 28.9 Å². The van der Waals surface area contributed by atoms with Crippen molar-refractivity contribution in [1.82, 2.24) is 15.3 Å². The van der Waals surface area contributed by atoms with Crippen LogP contribution in [0.5, 0.6) is 0 Å². The molecule has 3 heterocycles. The van der Waals surface area contributed by atoms with Crippen molar-refractivity contribution in [3.8, 4) is 0 Å². The summed E-state index contributed by atoms with van der Waals surface area (Å²) < 4.78 is 5.93. The molecule has 4 rings (SSSR count). The van der Waals surface area contributed by atoms with E-state index in [-0.39, 0.29) is 6.10 Å². The summed E-state index contributed by atoms with van der Waals surface area (Å²) in [6.45, 7) is 2.00. The Morgan fingerprint density at radius 1 is 1.26 bits per heavy atom. The summed E-state index contributed by atoms with van der Waals surface area (Å²) in [4.78, 5) is 20.3. The number of nitrogens with zero attached hydrogens (tertiary/aromatic N) is 2. The van der Waals surface area contributed by atoms with Crippen molar-refractivity contribution in [2.45, 2.75) is 63.6 Å². The first-order chi connectivity index (χ1) is 15.2. The highest BCUT2D eigenvalue weighted by Crippen LogP contribution is 2.34. The molecular weight excluding hydrogens is 392 g/mol. The lowest BCUT2D eigenvalue weighted by molar-refractivity contribution is -0.140. The molecule has 1 fully saturated rings. The highest BCUT2D eigenvalue weighted by Gasteiger charge is 2.30. The number of anilines is 1. The van der Waals surface area contributed by atoms with Gasteiger partial charge in [-0.2, -0.15) is 0 Å². The molecule has 0 amide bonds. The number of hydrogen-bond acceptors (Lipinski definition) is 6. The highest BCUT2D eigenvalue weighted by molar-refractivity contribution is 5.73. The minimum Gasteiger partial charge on any atom is -0.480 e. The molecular formula is C24H32N4O3. The molecule has 2 aliphatic rings. The Hall–Kier alpha value is -2.51. The molecule has 3 N–H and O–H groups in total. The first-order valence-corrected chi connectivity index (χ1v) is 11.4. The van der Waals surface area contributed by atoms with Crippen molar-refractivity contribution in [3.05, 3.63) is 53.5 Å². The molecule has 1 aliphatic heterocycles. The number of carbonyl (C=O) groups is 1. The average molecular weight is 425 g/mol. The summed E-state index contributed by atoms with van der Waals surface area (Å²) in [5.74, 6) is 0.913. The monoisotopic (exact) mass is 424 g/mol. The van der Waals surface area contributed by atoms with E-state index in [4.69, 9.17) is 9.72 Å². The molecule has 0 bridgehead atoms. The molecule has 1 saturated carbocycles. The quantitative estimate of drug-likeness (QED) is 0.510. The smallest absolute Gasteiger partial charge is 0.320 e. The van der Waals surface area contributed by atoms with Gasteiger partial charge in [0.05, 0.1) is 6.10 Å². The number of carboxylic acids is 1. The number of hydrogen-bond donors (Lipinski definition) is 3. The normalized spacial score (nSPS) is 20.9. The highest BCUT2D eigenvalue weighted by atomic mass is 16.5. The Labute approximate surface area is 183 Å². The van der Waals surface area contributed by atoms with Gasteiger partial charge in [-0.3, -0.25) is 9.78 Å². The predicted molar refractivity (Wildman–Crippen MR) is 119 cm³/mol. The van der Waals surface area contributed by atoms with E-state index in [9.17, 15) is 9.90 Å². The third kappa shape index (κ3) is 6.24. The van der Waals surface area contributed by atoms with Crippen LogP contribution in [-0.4, -0.2) is 46.3 Å². The van der Waals surface area contributed by atoms with E-state index in [1.54, 1.807) is 12.4 Å². The number of aryl methyl sites for hydroxylation is 2. The van der Waals surface area contributed by atoms with Crippen molar-refractivity contribution in [3.63, 3.8) is 0 Å². The fourth-order valence-corrected chi connectivity index (χ4v) is 4.31. The Bertz CT molecular complexity index is 855. The van der Waals surface area contributed by atoms with Gasteiger partial charge in [-0.15, -0.1) is 0 Å². The van der Waals surface area contributed by atoms with Gasteiger partial charge in [0.15, 0.2) is 0 Å². The van der Waals surface area contributed by atoms with Gasteiger partial charge < -0.3 is 20.5 Å². The van der Waals surface area contributed by atoms with Crippen molar-refractivity contribution < 1.29 is 14.6 Å². The minimum absolute atomic E-state index is 0.262. The number of nitrogens with one attached hydrogen (secondary N) is 2. The Balaban J connectivity index is 1.11. The first-order valence-electron chi connectivity index (χ1n) is 11.4. The van der Waals surface area contributed by atoms with Crippen LogP contribution in [0.25, 0.3) is 0 Å². The first kappa shape index (κ1) is 21.7. The van der Waals surface area contributed by atoms with E-state index >= 15 is 0 Å². The van der Waals surface area contributed by atoms with Crippen LogP contribution < -0.4 is 10.6 Å². The fourth-order valence-electron chi connectivity index (χ4n) is 4.31. The summed E-state index contributed by atoms with van der Waals surface area (Å²) in [6.07, 6.45) is 10.7. The van der Waals surface area contributed by atoms with Crippen molar-refractivity contribution in [2.75, 3.05) is 18.5 Å². The van der Waals surface area contributed by atoms with Crippen LogP contribution in [0.15, 0.2) is 36.7 Å². The molecule has 31 heavy (non-hydrogen) atoms. The lowest BCUT2D eigenvalue weighted by Gasteiger charge is -2.35. The second kappa shape index (κ2) is 10.7. The van der Waals surface area contributed by atoms with Gasteiger partial charge in [-0.25, -0.2) is 4.98 Å². The molecule has 0 radical (unpaired) electrons. The molecule has 0 unspecified atom stereocenters. The number of pyridine rings is 2. The van der Waals surface area contributed by atoms with E-state index in [2.05, 4.69) is 27.8 Å². The molecule has 2 aromatic rings. The molecule has 7 heteroatoms. The second-order valence-electron chi connectivity index (χ2n) is 8.63. The maximum Gasteiger partial charge on any atom is 0.320 e. The molecule has 1 atom stereocenters. The number of carboxylic acid groups (broad SMARTS) is 1. The van der Waals surface area contributed by atoms with Gasteiger partial charge in [-0.1, -0.05) is 6.07 Å². The summed E-state index contributed by atoms with van der Waals surface area (Å²) in [5.41, 5.74) is 3.53. The summed E-state index contributed by atoms with van der Waals surface area (Å²) in [6, 6.07) is 7.55. The van der Waals surface area contributed by atoms with Crippen molar-refractivity contribution in [1.29, 1.82) is 0 Å². The van der Waals surface area contributed by atoms with E-state index < -0.39 is 12.0 Å². The number of aliphatic carboxylic acids is 1. The van der Waals surface area contributed by atoms with E-state index in [1.165, 1.54) is 17.7 Å². The Morgan fingerprint density at radius 3 is 2.90 bits per heavy atom. The van der Waals surface area contributed by atoms with Crippen LogP contribution in [0.2, 0.25) is 0 Å². The zero-order valence-electron chi connectivity index (χ0n) is 17.9. The molecule has 2 aromatic heterocycles. The standard InChI is InChI=1S/C24H32N4O3/c29-24(30)22(27-16-17-7-11-25-12-8-17)9-13-31-21-14-18(15-21)3-5-20-6-4-19-2-1-10-26-23(19)28-20/h4,6-8,11-12,18,21-22,27H,1-3,5,9-10,13-16H2,(H,26,28)(H,29,30)/t18?,21?,22-/m1/s1. The third-order valence-corrected chi connectivity index (χ3v) is 6.31. The average Bonchev–Trinajstić information content (AvgIpc) is 2.77. The lowest BCUT2D eigenvalue weighted by atomic mass is 9.79. The van der Waals surface area contributed by atoms with Gasteiger partial charge in [0, 0.05) is 37.8 Å². The molecule has 7 nitrogen and oxygen atoms in total. The summed E-state index contributed by atoms with van der Waals surface area (Å²) >= 11 is 0. The van der Waals surface area contributed by atoms with Crippen LogP contribution in [0.4, 0.5) is 5.82 Å². The van der Waals surface area contributed by atoms with Crippen LogP contribution in [0.1, 0.15) is 48.9 Å². The molecule has 0 aromatic carbocycles. The Morgan fingerprint density at radius 2 is 2.10 bits per heavy atom. The summed E-state index contributed by atoms with van der Waals surface area (Å²) in [7, 11) is 0. The van der Waals surface area contributed by atoms with Gasteiger partial charge in [0.1, 0.15) is 11.9 Å². The predicted octanol–water partition coefficient (Wildman–Crippen LogP) is 3.20. The SMILES string of the molecule is O=C(O)[C@@H](CCOC1CC(CCc2ccc3c(n2)NCCC3)C1)NCc1ccncc1. The van der Waals surface area contributed by atoms with Crippen molar-refractivity contribution in [2.24, 2.45) is 5.92 Å². The van der Waals surface area contributed by atoms with Gasteiger partial charge in [-0.05, 0) is 80.2 Å². The number of rotatable bonds is 11. The number of fused-ring (bicyclic) bond motifs is 1. The fraction of sp³-hybridized carbons (Fsp3) is 0.542. The van der Waals surface area contributed by atoms with Crippen LogP contribution in [0.3, 0.4) is 0 Å². The zero-order valence-corrected chi connectivity index (χ0v) is 17.9. The number of ether oxygens (including phenoxy) is 1. The maximum absolute atomic E-state index is 11.5. The maximum atomic E-state index is 11.5. The van der Waals surface area contributed by atoms with Gasteiger partial charge in [0.25, 0.3) is 0 Å². The van der Waals surface area contributed by atoms with E-state index in [0.29, 0.717) is 25.5 Å². The molecule has 166 valence electrons. The molecule has 1 aliphatic carbocycles. The van der Waals surface area contributed by atoms with E-state index in [1.807, 2.05) is 12.1 Å². The summed E-state index contributed by atoms with van der Waals surface area (Å²) in [5, 5.41) is 15.9. The molecule has 0 spiro atoms. The zero-order chi connectivity index (χ0) is 21.5. The third-order valence-electron chi connectivity index (χ3n) is 6.31. The second-order valence-corrected chi connectivity index (χ2v) is 8.63.